The number of carbonyl (C=O) groups is 1. The van der Waals surface area contributed by atoms with Gasteiger partial charge in [0.15, 0.2) is 0 Å². The Bertz CT molecular complexity index is 535. The Labute approximate surface area is 117 Å². The molecule has 2 aliphatic rings. The van der Waals surface area contributed by atoms with Crippen LogP contribution in [0.4, 0.5) is 0 Å². The van der Waals surface area contributed by atoms with Gasteiger partial charge in [0.2, 0.25) is 0 Å². The highest BCUT2D eigenvalue weighted by Gasteiger charge is 2.28. The van der Waals surface area contributed by atoms with Gasteiger partial charge in [-0.1, -0.05) is 0 Å². The SMILES string of the molecule is Cn1[nH]c(C(=O)N2CCN(C3CCNC3)CC2)cc1=O. The summed E-state index contributed by atoms with van der Waals surface area (Å²) >= 11 is 0. The second-order valence-electron chi connectivity index (χ2n) is 5.54. The Hall–Kier alpha value is -1.60. The average Bonchev–Trinajstić information content (AvgIpc) is 3.09. The molecule has 0 spiro atoms. The number of carbonyl (C=O) groups excluding carboxylic acids is 1. The van der Waals surface area contributed by atoms with Gasteiger partial charge in [-0.3, -0.25) is 24.3 Å². The van der Waals surface area contributed by atoms with Crippen molar-refractivity contribution in [2.45, 2.75) is 12.5 Å². The Morgan fingerprint density at radius 3 is 2.60 bits per heavy atom. The first-order valence-corrected chi connectivity index (χ1v) is 7.15. The molecule has 0 aromatic carbocycles. The van der Waals surface area contributed by atoms with Crippen LogP contribution in [0.1, 0.15) is 16.9 Å². The van der Waals surface area contributed by atoms with Crippen molar-refractivity contribution in [2.24, 2.45) is 7.05 Å². The van der Waals surface area contributed by atoms with Crippen LogP contribution in [0.25, 0.3) is 0 Å². The van der Waals surface area contributed by atoms with E-state index in [-0.39, 0.29) is 11.5 Å². The zero-order valence-electron chi connectivity index (χ0n) is 11.8. The topological polar surface area (TPSA) is 73.4 Å². The molecule has 0 saturated carbocycles. The molecule has 1 amide bonds. The standard InChI is InChI=1S/C13H21N5O2/c1-16-12(19)8-11(15-16)13(20)18-6-4-17(5-7-18)10-2-3-14-9-10/h8,10,14-15H,2-7,9H2,1H3. The van der Waals surface area contributed by atoms with Crippen LogP contribution >= 0.6 is 0 Å². The van der Waals surface area contributed by atoms with Gasteiger partial charge in [0.1, 0.15) is 5.69 Å². The number of aryl methyl sites for hydroxylation is 1. The van der Waals surface area contributed by atoms with Crippen LogP contribution in [0.15, 0.2) is 10.9 Å². The third-order valence-electron chi connectivity index (χ3n) is 4.27. The first-order valence-electron chi connectivity index (χ1n) is 7.15. The molecule has 110 valence electrons. The molecule has 0 bridgehead atoms. The number of hydrogen-bond donors (Lipinski definition) is 2. The van der Waals surface area contributed by atoms with Crippen molar-refractivity contribution >= 4 is 5.91 Å². The number of H-pyrrole nitrogens is 1. The number of aromatic amines is 1. The molecule has 1 atom stereocenters. The van der Waals surface area contributed by atoms with E-state index in [4.69, 9.17) is 0 Å². The zero-order valence-corrected chi connectivity index (χ0v) is 11.8. The summed E-state index contributed by atoms with van der Waals surface area (Å²) in [6.45, 7) is 5.43. The van der Waals surface area contributed by atoms with Crippen LogP contribution < -0.4 is 10.9 Å². The van der Waals surface area contributed by atoms with E-state index in [1.165, 1.54) is 17.2 Å². The highest BCUT2D eigenvalue weighted by atomic mass is 16.2. The molecule has 2 N–H and O–H groups in total. The van der Waals surface area contributed by atoms with E-state index < -0.39 is 0 Å². The van der Waals surface area contributed by atoms with Gasteiger partial charge < -0.3 is 10.2 Å². The first kappa shape index (κ1) is 13.4. The lowest BCUT2D eigenvalue weighted by atomic mass is 10.2. The average molecular weight is 279 g/mol. The van der Waals surface area contributed by atoms with Crippen LogP contribution in [-0.2, 0) is 7.05 Å². The van der Waals surface area contributed by atoms with Crippen molar-refractivity contribution < 1.29 is 4.79 Å². The molecule has 2 fully saturated rings. The van der Waals surface area contributed by atoms with Crippen LogP contribution in [0.3, 0.4) is 0 Å². The molecule has 3 heterocycles. The number of amides is 1. The maximum absolute atomic E-state index is 12.3. The third-order valence-corrected chi connectivity index (χ3v) is 4.27. The largest absolute Gasteiger partial charge is 0.335 e. The second-order valence-corrected chi connectivity index (χ2v) is 5.54. The fourth-order valence-corrected chi connectivity index (χ4v) is 3.01. The molecule has 0 radical (unpaired) electrons. The summed E-state index contributed by atoms with van der Waals surface area (Å²) in [6, 6.07) is 1.99. The minimum absolute atomic E-state index is 0.0769. The van der Waals surface area contributed by atoms with E-state index >= 15 is 0 Å². The van der Waals surface area contributed by atoms with E-state index in [1.807, 2.05) is 4.90 Å². The van der Waals surface area contributed by atoms with Gasteiger partial charge in [-0.25, -0.2) is 0 Å². The number of aromatic nitrogens is 2. The van der Waals surface area contributed by atoms with E-state index in [0.717, 1.165) is 39.3 Å². The molecule has 3 rings (SSSR count). The van der Waals surface area contributed by atoms with E-state index in [2.05, 4.69) is 15.3 Å². The van der Waals surface area contributed by atoms with Crippen LogP contribution in [-0.4, -0.2) is 70.8 Å². The quantitative estimate of drug-likeness (QED) is 0.716. The van der Waals surface area contributed by atoms with Crippen molar-refractivity contribution in [3.8, 4) is 0 Å². The third kappa shape index (κ3) is 2.51. The normalized spacial score (nSPS) is 24.2. The molecule has 1 aromatic heterocycles. The molecule has 20 heavy (non-hydrogen) atoms. The van der Waals surface area contributed by atoms with Crippen molar-refractivity contribution in [3.63, 3.8) is 0 Å². The Balaban J connectivity index is 1.60. The molecule has 0 aliphatic carbocycles. The molecule has 2 aliphatic heterocycles. The van der Waals surface area contributed by atoms with Gasteiger partial charge in [0.25, 0.3) is 11.5 Å². The summed E-state index contributed by atoms with van der Waals surface area (Å²) in [5, 5.41) is 6.17. The lowest BCUT2D eigenvalue weighted by Gasteiger charge is -2.37. The molecular weight excluding hydrogens is 258 g/mol. The van der Waals surface area contributed by atoms with E-state index in [0.29, 0.717) is 11.7 Å². The number of piperazine rings is 1. The summed E-state index contributed by atoms with van der Waals surface area (Å²) in [4.78, 5) is 28.0. The van der Waals surface area contributed by atoms with Crippen LogP contribution in [0.2, 0.25) is 0 Å². The van der Waals surface area contributed by atoms with Crippen molar-refractivity contribution in [3.05, 3.63) is 22.1 Å². The van der Waals surface area contributed by atoms with Gasteiger partial charge in [-0.2, -0.15) is 0 Å². The van der Waals surface area contributed by atoms with Crippen LogP contribution in [0.5, 0.6) is 0 Å². The maximum atomic E-state index is 12.3. The second kappa shape index (κ2) is 5.41. The van der Waals surface area contributed by atoms with E-state index in [1.54, 1.807) is 7.05 Å². The highest BCUT2D eigenvalue weighted by Crippen LogP contribution is 2.13. The summed E-state index contributed by atoms with van der Waals surface area (Å²) in [5.74, 6) is -0.0769. The molecule has 2 saturated heterocycles. The molecule has 7 heteroatoms. The number of rotatable bonds is 2. The zero-order chi connectivity index (χ0) is 14.1. The Morgan fingerprint density at radius 2 is 2.05 bits per heavy atom. The van der Waals surface area contributed by atoms with Crippen molar-refractivity contribution in [2.75, 3.05) is 39.3 Å². The predicted molar refractivity (Wildman–Crippen MR) is 74.8 cm³/mol. The highest BCUT2D eigenvalue weighted by molar-refractivity contribution is 5.92. The van der Waals surface area contributed by atoms with E-state index in [9.17, 15) is 9.59 Å². The summed E-state index contributed by atoms with van der Waals surface area (Å²) in [5.41, 5.74) is 0.206. The first-order chi connectivity index (χ1) is 9.65. The molecule has 1 aromatic rings. The van der Waals surface area contributed by atoms with Gasteiger partial charge in [0, 0.05) is 51.9 Å². The fourth-order valence-electron chi connectivity index (χ4n) is 3.01. The molecule has 1 unspecified atom stereocenters. The Morgan fingerprint density at radius 1 is 1.30 bits per heavy atom. The van der Waals surface area contributed by atoms with Crippen molar-refractivity contribution in [1.29, 1.82) is 0 Å². The number of nitrogens with zero attached hydrogens (tertiary/aromatic N) is 3. The lowest BCUT2D eigenvalue weighted by molar-refractivity contribution is 0.0577. The van der Waals surface area contributed by atoms with Gasteiger partial charge in [-0.15, -0.1) is 0 Å². The van der Waals surface area contributed by atoms with Gasteiger partial charge in [0.05, 0.1) is 0 Å². The monoisotopic (exact) mass is 279 g/mol. The number of nitrogens with one attached hydrogen (secondary N) is 2. The molecular formula is C13H21N5O2. The minimum atomic E-state index is -0.177. The van der Waals surface area contributed by atoms with Gasteiger partial charge in [-0.05, 0) is 13.0 Å². The van der Waals surface area contributed by atoms with Crippen LogP contribution in [0, 0.1) is 0 Å². The predicted octanol–water partition coefficient (Wildman–Crippen LogP) is -1.17. The maximum Gasteiger partial charge on any atom is 0.272 e. The number of hydrogen-bond acceptors (Lipinski definition) is 4. The van der Waals surface area contributed by atoms with Crippen molar-refractivity contribution in [1.82, 2.24) is 24.9 Å². The molecule has 7 nitrogen and oxygen atoms in total. The summed E-state index contributed by atoms with van der Waals surface area (Å²) in [6.07, 6.45) is 1.19. The Kier molecular flexibility index (Phi) is 3.62. The minimum Gasteiger partial charge on any atom is -0.335 e. The smallest absolute Gasteiger partial charge is 0.272 e. The lowest BCUT2D eigenvalue weighted by Crippen LogP contribution is -2.52. The fraction of sp³-hybridized carbons (Fsp3) is 0.692. The van der Waals surface area contributed by atoms with Gasteiger partial charge >= 0.3 is 0 Å². The summed E-state index contributed by atoms with van der Waals surface area (Å²) in [7, 11) is 1.62. The summed E-state index contributed by atoms with van der Waals surface area (Å²) < 4.78 is 1.33.